The number of alkyl carbamates (subject to hydrolysis) is 1. The number of nitrogens with one attached hydrogen (secondary N) is 2. The Labute approximate surface area is 203 Å². The van der Waals surface area contributed by atoms with Gasteiger partial charge < -0.3 is 20.5 Å². The van der Waals surface area contributed by atoms with E-state index < -0.39 is 23.9 Å². The van der Waals surface area contributed by atoms with Gasteiger partial charge in [0, 0.05) is 25.1 Å². The average Bonchev–Trinajstić information content (AvgIpc) is 3.19. The molecule has 35 heavy (non-hydrogen) atoms. The van der Waals surface area contributed by atoms with Crippen LogP contribution in [0.2, 0.25) is 0 Å². The van der Waals surface area contributed by atoms with Crippen LogP contribution in [0.15, 0.2) is 91.0 Å². The highest BCUT2D eigenvalue weighted by molar-refractivity contribution is 5.88. The first kappa shape index (κ1) is 23.8. The maximum absolute atomic E-state index is 12.2. The van der Waals surface area contributed by atoms with Gasteiger partial charge >= 0.3 is 12.1 Å². The van der Waals surface area contributed by atoms with Crippen LogP contribution in [0.25, 0.3) is 11.1 Å². The third-order valence-electron chi connectivity index (χ3n) is 5.96. The van der Waals surface area contributed by atoms with Crippen LogP contribution in [0.3, 0.4) is 0 Å². The summed E-state index contributed by atoms with van der Waals surface area (Å²) in [7, 11) is 0. The minimum absolute atomic E-state index is 0.0266. The van der Waals surface area contributed by atoms with Crippen LogP contribution in [0, 0.1) is 0 Å². The van der Waals surface area contributed by atoms with E-state index in [4.69, 9.17) is 4.74 Å². The van der Waals surface area contributed by atoms with Crippen LogP contribution in [-0.2, 0) is 14.3 Å². The molecular weight excluding hydrogens is 444 g/mol. The van der Waals surface area contributed by atoms with Gasteiger partial charge in [-0.25, -0.2) is 4.79 Å². The smallest absolute Gasteiger partial charge is 0.407 e. The second-order valence-electron chi connectivity index (χ2n) is 8.16. The topological polar surface area (TPSA) is 105 Å². The number of rotatable bonds is 9. The molecule has 0 fully saturated rings. The van der Waals surface area contributed by atoms with E-state index in [1.165, 1.54) is 12.2 Å². The maximum Gasteiger partial charge on any atom is 0.407 e. The average molecular weight is 471 g/mol. The Morgan fingerprint density at radius 3 is 2.09 bits per heavy atom. The van der Waals surface area contributed by atoms with E-state index in [9.17, 15) is 19.5 Å². The molecule has 7 heteroatoms. The van der Waals surface area contributed by atoms with Gasteiger partial charge in [0.25, 0.3) is 0 Å². The van der Waals surface area contributed by atoms with Crippen LogP contribution < -0.4 is 10.6 Å². The molecule has 3 aromatic rings. The van der Waals surface area contributed by atoms with Crippen molar-refractivity contribution in [2.24, 2.45) is 0 Å². The Bertz CT molecular complexity index is 1190. The highest BCUT2D eigenvalue weighted by Crippen LogP contribution is 2.44. The molecule has 0 saturated heterocycles. The quantitative estimate of drug-likeness (QED) is 0.409. The van der Waals surface area contributed by atoms with Crippen molar-refractivity contribution < 1.29 is 24.2 Å². The van der Waals surface area contributed by atoms with Crippen LogP contribution in [0.5, 0.6) is 0 Å². The molecule has 0 radical (unpaired) electrons. The summed E-state index contributed by atoms with van der Waals surface area (Å²) in [5, 5.41) is 14.6. The van der Waals surface area contributed by atoms with Crippen LogP contribution in [-0.4, -0.2) is 42.8 Å². The van der Waals surface area contributed by atoms with Crippen molar-refractivity contribution in [3.05, 3.63) is 108 Å². The molecule has 3 aromatic carbocycles. The molecule has 1 unspecified atom stereocenters. The van der Waals surface area contributed by atoms with E-state index in [0.29, 0.717) is 5.56 Å². The fraction of sp³-hybridized carbons (Fsp3) is 0.179. The number of carbonyl (C=O) groups excluding carboxylic acids is 2. The molecule has 0 bridgehead atoms. The van der Waals surface area contributed by atoms with Crippen molar-refractivity contribution in [2.75, 3.05) is 19.7 Å². The number of benzene rings is 3. The molecule has 0 spiro atoms. The number of carbonyl (C=O) groups is 3. The normalized spacial score (nSPS) is 13.0. The van der Waals surface area contributed by atoms with Gasteiger partial charge in [-0.2, -0.15) is 0 Å². The van der Waals surface area contributed by atoms with Gasteiger partial charge in [-0.05, 0) is 27.8 Å². The molecule has 0 aliphatic heterocycles. The summed E-state index contributed by atoms with van der Waals surface area (Å²) in [5.41, 5.74) is 5.19. The van der Waals surface area contributed by atoms with Crippen LogP contribution >= 0.6 is 0 Å². The second-order valence-corrected chi connectivity index (χ2v) is 8.16. The zero-order chi connectivity index (χ0) is 24.6. The summed E-state index contributed by atoms with van der Waals surface area (Å²) in [6.07, 6.45) is 2.16. The van der Waals surface area contributed by atoms with Crippen LogP contribution in [0.1, 0.15) is 28.5 Å². The standard InChI is InChI=1S/C28H26N2O5/c31-26(30-17-24(27(32)33)19-9-2-1-3-10-19)15-8-16-29-28(34)35-18-25-22-13-6-4-11-20(22)21-12-5-7-14-23(21)25/h1-15,24-25H,16-18H2,(H,29,34)(H,30,31)(H,32,33)/b15-8+. The Balaban J connectivity index is 1.22. The van der Waals surface area contributed by atoms with Gasteiger partial charge in [0.1, 0.15) is 6.61 Å². The summed E-state index contributed by atoms with van der Waals surface area (Å²) in [5.74, 6) is -2.33. The first-order chi connectivity index (χ1) is 17.0. The molecule has 7 nitrogen and oxygen atoms in total. The third kappa shape index (κ3) is 5.76. The fourth-order valence-corrected chi connectivity index (χ4v) is 4.25. The maximum atomic E-state index is 12.2. The second kappa shape index (κ2) is 11.2. The summed E-state index contributed by atoms with van der Waals surface area (Å²) >= 11 is 0. The van der Waals surface area contributed by atoms with Crippen molar-refractivity contribution in [3.8, 4) is 11.1 Å². The minimum atomic E-state index is -1.02. The van der Waals surface area contributed by atoms with E-state index >= 15 is 0 Å². The Kier molecular flexibility index (Phi) is 7.57. The van der Waals surface area contributed by atoms with E-state index in [1.807, 2.05) is 24.3 Å². The van der Waals surface area contributed by atoms with Crippen molar-refractivity contribution in [1.82, 2.24) is 10.6 Å². The first-order valence-corrected chi connectivity index (χ1v) is 11.4. The largest absolute Gasteiger partial charge is 0.481 e. The summed E-state index contributed by atoms with van der Waals surface area (Å²) in [6, 6.07) is 24.9. The molecule has 2 amide bonds. The first-order valence-electron chi connectivity index (χ1n) is 11.4. The van der Waals surface area contributed by atoms with Gasteiger partial charge in [0.15, 0.2) is 0 Å². The Morgan fingerprint density at radius 2 is 1.46 bits per heavy atom. The molecule has 4 rings (SSSR count). The summed E-state index contributed by atoms with van der Waals surface area (Å²) < 4.78 is 5.45. The van der Waals surface area contributed by atoms with E-state index in [0.717, 1.165) is 22.3 Å². The lowest BCUT2D eigenvalue weighted by Crippen LogP contribution is -2.31. The van der Waals surface area contributed by atoms with E-state index in [-0.39, 0.29) is 25.6 Å². The van der Waals surface area contributed by atoms with Crippen molar-refractivity contribution >= 4 is 18.0 Å². The number of carboxylic acids is 1. The summed E-state index contributed by atoms with van der Waals surface area (Å²) in [4.78, 5) is 35.7. The molecule has 1 aliphatic carbocycles. The number of amides is 2. The minimum Gasteiger partial charge on any atom is -0.481 e. The van der Waals surface area contributed by atoms with Crippen molar-refractivity contribution in [1.29, 1.82) is 0 Å². The number of ether oxygens (including phenoxy) is 1. The fourth-order valence-electron chi connectivity index (χ4n) is 4.25. The highest BCUT2D eigenvalue weighted by atomic mass is 16.5. The summed E-state index contributed by atoms with van der Waals surface area (Å²) in [6.45, 7) is 0.271. The predicted octanol–water partition coefficient (Wildman–Crippen LogP) is 4.07. The SMILES string of the molecule is O=C(/C=C/CNC(=O)OCC1c2ccccc2-c2ccccc21)NCC(C(=O)O)c1ccccc1. The predicted molar refractivity (Wildman–Crippen MR) is 132 cm³/mol. The zero-order valence-electron chi connectivity index (χ0n) is 19.0. The number of aliphatic carboxylic acids is 1. The van der Waals surface area contributed by atoms with Gasteiger partial charge in [-0.15, -0.1) is 0 Å². The molecule has 1 atom stereocenters. The Morgan fingerprint density at radius 1 is 0.857 bits per heavy atom. The molecule has 178 valence electrons. The molecular formula is C28H26N2O5. The number of hydrogen-bond acceptors (Lipinski definition) is 4. The number of carboxylic acid groups (broad SMARTS) is 1. The van der Waals surface area contributed by atoms with Gasteiger partial charge in [-0.1, -0.05) is 84.9 Å². The number of fused-ring (bicyclic) bond motifs is 3. The van der Waals surface area contributed by atoms with Crippen molar-refractivity contribution in [3.63, 3.8) is 0 Å². The van der Waals surface area contributed by atoms with Gasteiger partial charge in [-0.3, -0.25) is 9.59 Å². The number of hydrogen-bond donors (Lipinski definition) is 3. The highest BCUT2D eigenvalue weighted by Gasteiger charge is 2.28. The monoisotopic (exact) mass is 470 g/mol. The van der Waals surface area contributed by atoms with Gasteiger partial charge in [0.2, 0.25) is 5.91 Å². The third-order valence-corrected chi connectivity index (χ3v) is 5.96. The molecule has 0 aromatic heterocycles. The Hall–Kier alpha value is -4.39. The van der Waals surface area contributed by atoms with Crippen LogP contribution in [0.4, 0.5) is 4.79 Å². The molecule has 0 heterocycles. The van der Waals surface area contributed by atoms with E-state index in [1.54, 1.807) is 30.3 Å². The van der Waals surface area contributed by atoms with Crippen molar-refractivity contribution in [2.45, 2.75) is 11.8 Å². The van der Waals surface area contributed by atoms with Gasteiger partial charge in [0.05, 0.1) is 5.92 Å². The van der Waals surface area contributed by atoms with E-state index in [2.05, 4.69) is 34.9 Å². The molecule has 0 saturated carbocycles. The lowest BCUT2D eigenvalue weighted by Gasteiger charge is -2.14. The molecule has 1 aliphatic rings. The lowest BCUT2D eigenvalue weighted by molar-refractivity contribution is -0.138. The lowest BCUT2D eigenvalue weighted by atomic mass is 9.98. The molecule has 3 N–H and O–H groups in total. The zero-order valence-corrected chi connectivity index (χ0v) is 19.0.